The summed E-state index contributed by atoms with van der Waals surface area (Å²) in [6.07, 6.45) is 2.15. The van der Waals surface area contributed by atoms with Crippen molar-refractivity contribution in [1.82, 2.24) is 4.72 Å². The largest absolute Gasteiger partial charge is 0.497 e. The molecule has 3 rings (SSSR count). The van der Waals surface area contributed by atoms with Gasteiger partial charge in [-0.25, -0.2) is 13.1 Å². The molecule has 0 saturated carbocycles. The van der Waals surface area contributed by atoms with Crippen LogP contribution in [-0.4, -0.2) is 27.2 Å². The first-order valence-corrected chi connectivity index (χ1v) is 10.7. The molecule has 2 aromatic carbocycles. The summed E-state index contributed by atoms with van der Waals surface area (Å²) < 4.78 is 33.2. The van der Waals surface area contributed by atoms with Crippen LogP contribution in [0.4, 0.5) is 0 Å². The number of fused-ring (bicyclic) bond motifs is 1. The Kier molecular flexibility index (Phi) is 5.60. The highest BCUT2D eigenvalue weighted by Crippen LogP contribution is 2.37. The first kappa shape index (κ1) is 19.9. The fraction of sp³-hybridized carbons (Fsp3) is 0.429. The number of methoxy groups -OCH3 is 1. The molecule has 1 aliphatic carbocycles. The summed E-state index contributed by atoms with van der Waals surface area (Å²) in [7, 11) is -2.08. The summed E-state index contributed by atoms with van der Waals surface area (Å²) in [4.78, 5) is 0.210. The third-order valence-electron chi connectivity index (χ3n) is 5.26. The first-order valence-electron chi connectivity index (χ1n) is 9.24. The van der Waals surface area contributed by atoms with Gasteiger partial charge in [0.15, 0.2) is 0 Å². The van der Waals surface area contributed by atoms with Crippen molar-refractivity contribution in [3.8, 4) is 5.75 Å². The van der Waals surface area contributed by atoms with Crippen LogP contribution in [0, 0.1) is 0 Å². The maximum atomic E-state index is 12.7. The highest BCUT2D eigenvalue weighted by Gasteiger charge is 2.35. The number of aliphatic hydroxyl groups is 1. The van der Waals surface area contributed by atoms with Crippen molar-refractivity contribution in [3.05, 3.63) is 59.2 Å². The minimum atomic E-state index is -3.69. The molecule has 0 aromatic heterocycles. The van der Waals surface area contributed by atoms with Gasteiger partial charge >= 0.3 is 0 Å². The van der Waals surface area contributed by atoms with Gasteiger partial charge in [-0.2, -0.15) is 0 Å². The number of nitrogens with one attached hydrogen (secondary N) is 1. The molecule has 6 heteroatoms. The summed E-state index contributed by atoms with van der Waals surface area (Å²) >= 11 is 0. The second kappa shape index (κ2) is 7.62. The normalized spacial score (nSPS) is 19.7. The van der Waals surface area contributed by atoms with Crippen molar-refractivity contribution >= 4 is 10.0 Å². The molecule has 5 nitrogen and oxygen atoms in total. The molecule has 1 aliphatic rings. The Balaban J connectivity index is 1.79. The van der Waals surface area contributed by atoms with Gasteiger partial charge in [-0.05, 0) is 66.1 Å². The lowest BCUT2D eigenvalue weighted by atomic mass is 9.79. The SMILES string of the molecule is COc1ccc2c(c1)CCCC2(O)CNS(=O)(=O)c1ccc(C(C)C)cc1. The van der Waals surface area contributed by atoms with Gasteiger partial charge in [0.1, 0.15) is 11.4 Å². The molecule has 0 fully saturated rings. The Morgan fingerprint density at radius 3 is 2.52 bits per heavy atom. The van der Waals surface area contributed by atoms with E-state index in [1.165, 1.54) is 0 Å². The monoisotopic (exact) mass is 389 g/mol. The van der Waals surface area contributed by atoms with Crippen LogP contribution < -0.4 is 9.46 Å². The summed E-state index contributed by atoms with van der Waals surface area (Å²) in [5.41, 5.74) is 1.64. The smallest absolute Gasteiger partial charge is 0.240 e. The van der Waals surface area contributed by atoms with E-state index in [1.807, 2.05) is 24.3 Å². The fourth-order valence-corrected chi connectivity index (χ4v) is 4.67. The van der Waals surface area contributed by atoms with Crippen molar-refractivity contribution in [2.24, 2.45) is 0 Å². The molecule has 0 amide bonds. The minimum Gasteiger partial charge on any atom is -0.497 e. The zero-order valence-electron chi connectivity index (χ0n) is 16.0. The topological polar surface area (TPSA) is 75.6 Å². The van der Waals surface area contributed by atoms with Crippen molar-refractivity contribution in [1.29, 1.82) is 0 Å². The molecule has 0 spiro atoms. The molecule has 0 aliphatic heterocycles. The average Bonchev–Trinajstić information content (AvgIpc) is 2.66. The van der Waals surface area contributed by atoms with Gasteiger partial charge in [0.2, 0.25) is 10.0 Å². The van der Waals surface area contributed by atoms with E-state index in [2.05, 4.69) is 18.6 Å². The van der Waals surface area contributed by atoms with Crippen LogP contribution in [0.15, 0.2) is 47.4 Å². The number of rotatable bonds is 6. The van der Waals surface area contributed by atoms with Gasteiger partial charge in [-0.3, -0.25) is 0 Å². The van der Waals surface area contributed by atoms with Crippen LogP contribution in [0.5, 0.6) is 5.75 Å². The zero-order chi connectivity index (χ0) is 19.7. The highest BCUT2D eigenvalue weighted by molar-refractivity contribution is 7.89. The third-order valence-corrected chi connectivity index (χ3v) is 6.68. The molecule has 2 aromatic rings. The van der Waals surface area contributed by atoms with E-state index in [9.17, 15) is 13.5 Å². The van der Waals surface area contributed by atoms with E-state index in [4.69, 9.17) is 4.74 Å². The lowest BCUT2D eigenvalue weighted by molar-refractivity contribution is 0.0242. The zero-order valence-corrected chi connectivity index (χ0v) is 16.8. The lowest BCUT2D eigenvalue weighted by Crippen LogP contribution is -2.42. The van der Waals surface area contributed by atoms with E-state index in [0.717, 1.165) is 35.3 Å². The van der Waals surface area contributed by atoms with E-state index in [1.54, 1.807) is 25.3 Å². The van der Waals surface area contributed by atoms with Gasteiger partial charge in [0.25, 0.3) is 0 Å². The molecule has 27 heavy (non-hydrogen) atoms. The number of aryl methyl sites for hydroxylation is 1. The van der Waals surface area contributed by atoms with Gasteiger partial charge in [-0.15, -0.1) is 0 Å². The first-order chi connectivity index (χ1) is 12.7. The molecular weight excluding hydrogens is 362 g/mol. The minimum absolute atomic E-state index is 0.0550. The predicted octanol–water partition coefficient (Wildman–Crippen LogP) is 3.32. The summed E-state index contributed by atoms with van der Waals surface area (Å²) in [6, 6.07) is 12.4. The Hall–Kier alpha value is -1.89. The maximum absolute atomic E-state index is 12.7. The van der Waals surface area contributed by atoms with Crippen molar-refractivity contribution in [2.45, 2.75) is 49.5 Å². The van der Waals surface area contributed by atoms with Crippen LogP contribution in [0.1, 0.15) is 49.3 Å². The molecule has 1 atom stereocenters. The Labute approximate surface area is 161 Å². The molecule has 0 radical (unpaired) electrons. The molecule has 1 unspecified atom stereocenters. The van der Waals surface area contributed by atoms with Crippen LogP contribution >= 0.6 is 0 Å². The Morgan fingerprint density at radius 1 is 1.19 bits per heavy atom. The molecule has 146 valence electrons. The second-order valence-corrected chi connectivity index (χ2v) is 9.22. The van der Waals surface area contributed by atoms with E-state index < -0.39 is 15.6 Å². The van der Waals surface area contributed by atoms with E-state index in [0.29, 0.717) is 12.3 Å². The summed E-state index contributed by atoms with van der Waals surface area (Å²) in [5, 5.41) is 11.1. The van der Waals surface area contributed by atoms with Crippen LogP contribution in [0.2, 0.25) is 0 Å². The third kappa shape index (κ3) is 4.18. The number of sulfonamides is 1. The molecule has 0 saturated heterocycles. The second-order valence-electron chi connectivity index (χ2n) is 7.46. The van der Waals surface area contributed by atoms with Crippen molar-refractivity contribution in [2.75, 3.05) is 13.7 Å². The van der Waals surface area contributed by atoms with Crippen molar-refractivity contribution < 1.29 is 18.3 Å². The van der Waals surface area contributed by atoms with Gasteiger partial charge in [0, 0.05) is 6.54 Å². The fourth-order valence-electron chi connectivity index (χ4n) is 3.58. The van der Waals surface area contributed by atoms with Gasteiger partial charge < -0.3 is 9.84 Å². The standard InChI is InChI=1S/C21H27NO4S/c1-15(2)16-6-9-19(10-7-16)27(24,25)22-14-21(23)12-4-5-17-13-18(26-3)8-11-20(17)21/h6-11,13,15,22-23H,4-5,12,14H2,1-3H3. The molecular formula is C21H27NO4S. The quantitative estimate of drug-likeness (QED) is 0.795. The number of hydrogen-bond donors (Lipinski definition) is 2. The predicted molar refractivity (Wildman–Crippen MR) is 106 cm³/mol. The lowest BCUT2D eigenvalue weighted by Gasteiger charge is -2.34. The maximum Gasteiger partial charge on any atom is 0.240 e. The Bertz CT molecular complexity index is 906. The van der Waals surface area contributed by atoms with E-state index in [-0.39, 0.29) is 11.4 Å². The highest BCUT2D eigenvalue weighted by atomic mass is 32.2. The molecule has 0 heterocycles. The summed E-state index contributed by atoms with van der Waals surface area (Å²) in [5.74, 6) is 1.08. The van der Waals surface area contributed by atoms with Crippen LogP contribution in [-0.2, 0) is 22.0 Å². The van der Waals surface area contributed by atoms with Crippen molar-refractivity contribution in [3.63, 3.8) is 0 Å². The van der Waals surface area contributed by atoms with Gasteiger partial charge in [0.05, 0.1) is 12.0 Å². The van der Waals surface area contributed by atoms with Gasteiger partial charge in [-0.1, -0.05) is 32.0 Å². The van der Waals surface area contributed by atoms with Crippen LogP contribution in [0.25, 0.3) is 0 Å². The van der Waals surface area contributed by atoms with Crippen LogP contribution in [0.3, 0.4) is 0 Å². The van der Waals surface area contributed by atoms with E-state index >= 15 is 0 Å². The number of benzene rings is 2. The number of ether oxygens (including phenoxy) is 1. The molecule has 2 N–H and O–H groups in total. The number of hydrogen-bond acceptors (Lipinski definition) is 4. The molecule has 0 bridgehead atoms. The summed E-state index contributed by atoms with van der Waals surface area (Å²) in [6.45, 7) is 4.07. The average molecular weight is 390 g/mol. The Morgan fingerprint density at radius 2 is 1.89 bits per heavy atom.